The highest BCUT2D eigenvalue weighted by Gasteiger charge is 2.04. The third-order valence-electron chi connectivity index (χ3n) is 1.75. The Morgan fingerprint density at radius 1 is 1.38 bits per heavy atom. The number of halogens is 1. The van der Waals surface area contributed by atoms with Crippen molar-refractivity contribution in [2.24, 2.45) is 0 Å². The molecule has 0 fully saturated rings. The molecule has 0 atom stereocenters. The highest BCUT2D eigenvalue weighted by atomic mass is 35.5. The molecular formula is C9H5ClN2S. The average molecular weight is 209 g/mol. The Labute approximate surface area is 84.2 Å². The standard InChI is InChI=1S/C9H5ClN2S/c10-7-2-5-1-6(4-11)13-9(5)3-8(7)12/h1-3H,12H2. The number of benzene rings is 1. The Bertz CT molecular complexity index is 471. The van der Waals surface area contributed by atoms with Crippen LogP contribution < -0.4 is 5.73 Å². The van der Waals surface area contributed by atoms with E-state index in [9.17, 15) is 0 Å². The molecule has 1 aromatic heterocycles. The maximum atomic E-state index is 8.67. The van der Waals surface area contributed by atoms with Crippen molar-refractivity contribution < 1.29 is 0 Å². The highest BCUT2D eigenvalue weighted by molar-refractivity contribution is 7.19. The zero-order valence-electron chi connectivity index (χ0n) is 6.54. The van der Waals surface area contributed by atoms with Gasteiger partial charge in [-0.3, -0.25) is 0 Å². The second-order valence-corrected chi connectivity index (χ2v) is 4.12. The van der Waals surface area contributed by atoms with Gasteiger partial charge < -0.3 is 5.73 Å². The van der Waals surface area contributed by atoms with Crippen LogP contribution in [-0.2, 0) is 0 Å². The number of hydrogen-bond donors (Lipinski definition) is 1. The SMILES string of the molecule is N#Cc1cc2cc(Cl)c(N)cc2s1. The largest absolute Gasteiger partial charge is 0.397 e. The van der Waals surface area contributed by atoms with Crippen LogP contribution in [-0.4, -0.2) is 0 Å². The van der Waals surface area contributed by atoms with Crippen molar-refractivity contribution >= 4 is 38.7 Å². The molecule has 4 heteroatoms. The number of nitriles is 1. The predicted octanol–water partition coefficient (Wildman–Crippen LogP) is 3.01. The zero-order chi connectivity index (χ0) is 9.42. The Morgan fingerprint density at radius 2 is 2.15 bits per heavy atom. The van der Waals surface area contributed by atoms with Crippen LogP contribution in [0.5, 0.6) is 0 Å². The molecule has 2 N–H and O–H groups in total. The molecule has 1 heterocycles. The number of thiophene rings is 1. The molecule has 0 saturated carbocycles. The summed E-state index contributed by atoms with van der Waals surface area (Å²) in [6.45, 7) is 0. The second kappa shape index (κ2) is 2.91. The van der Waals surface area contributed by atoms with Gasteiger partial charge in [0, 0.05) is 4.70 Å². The van der Waals surface area contributed by atoms with Crippen molar-refractivity contribution in [2.45, 2.75) is 0 Å². The van der Waals surface area contributed by atoms with E-state index in [4.69, 9.17) is 22.6 Å². The molecule has 0 amide bonds. The van der Waals surface area contributed by atoms with Crippen LogP contribution in [0.25, 0.3) is 10.1 Å². The molecular weight excluding hydrogens is 204 g/mol. The number of rotatable bonds is 0. The van der Waals surface area contributed by atoms with E-state index in [-0.39, 0.29) is 0 Å². The molecule has 0 saturated heterocycles. The fourth-order valence-electron chi connectivity index (χ4n) is 1.13. The first-order valence-corrected chi connectivity index (χ1v) is 4.79. The molecule has 2 rings (SSSR count). The number of fused-ring (bicyclic) bond motifs is 1. The van der Waals surface area contributed by atoms with Gasteiger partial charge in [-0.1, -0.05) is 11.6 Å². The van der Waals surface area contributed by atoms with Crippen LogP contribution >= 0.6 is 22.9 Å². The molecule has 64 valence electrons. The summed E-state index contributed by atoms with van der Waals surface area (Å²) >= 11 is 7.26. The van der Waals surface area contributed by atoms with Crippen LogP contribution in [0.15, 0.2) is 18.2 Å². The van der Waals surface area contributed by atoms with Crippen molar-refractivity contribution in [3.63, 3.8) is 0 Å². The quantitative estimate of drug-likeness (QED) is 0.677. The van der Waals surface area contributed by atoms with E-state index in [0.717, 1.165) is 10.1 Å². The van der Waals surface area contributed by atoms with E-state index in [1.807, 2.05) is 6.07 Å². The lowest BCUT2D eigenvalue weighted by atomic mass is 10.2. The lowest BCUT2D eigenvalue weighted by molar-refractivity contribution is 1.52. The molecule has 1 aromatic carbocycles. The van der Waals surface area contributed by atoms with Gasteiger partial charge in [-0.15, -0.1) is 11.3 Å². The summed E-state index contributed by atoms with van der Waals surface area (Å²) < 4.78 is 0.999. The van der Waals surface area contributed by atoms with Crippen LogP contribution in [0, 0.1) is 11.3 Å². The normalized spacial score (nSPS) is 10.2. The Kier molecular flexibility index (Phi) is 1.87. The molecule has 0 aliphatic rings. The number of nitrogens with two attached hydrogens (primary N) is 1. The number of nitrogen functional groups attached to an aromatic ring is 1. The monoisotopic (exact) mass is 208 g/mol. The van der Waals surface area contributed by atoms with Gasteiger partial charge in [0.15, 0.2) is 0 Å². The van der Waals surface area contributed by atoms with Crippen LogP contribution in [0.4, 0.5) is 5.69 Å². The number of nitrogens with zero attached hydrogens (tertiary/aromatic N) is 1. The minimum Gasteiger partial charge on any atom is -0.397 e. The van der Waals surface area contributed by atoms with Gasteiger partial charge in [-0.05, 0) is 23.6 Å². The summed E-state index contributed by atoms with van der Waals surface area (Å²) in [5.41, 5.74) is 6.18. The van der Waals surface area contributed by atoms with Crippen molar-refractivity contribution in [2.75, 3.05) is 5.73 Å². The molecule has 2 nitrogen and oxygen atoms in total. The first kappa shape index (κ1) is 8.36. The molecule has 0 aliphatic heterocycles. The van der Waals surface area contributed by atoms with Crippen molar-refractivity contribution in [1.82, 2.24) is 0 Å². The van der Waals surface area contributed by atoms with E-state index < -0.39 is 0 Å². The zero-order valence-corrected chi connectivity index (χ0v) is 8.12. The van der Waals surface area contributed by atoms with E-state index in [1.54, 1.807) is 12.1 Å². The van der Waals surface area contributed by atoms with Crippen molar-refractivity contribution in [3.8, 4) is 6.07 Å². The molecule has 0 spiro atoms. The topological polar surface area (TPSA) is 49.8 Å². The molecule has 0 unspecified atom stereocenters. The number of hydrogen-bond acceptors (Lipinski definition) is 3. The van der Waals surface area contributed by atoms with E-state index in [2.05, 4.69) is 6.07 Å². The smallest absolute Gasteiger partial charge is 0.110 e. The van der Waals surface area contributed by atoms with Crippen molar-refractivity contribution in [3.05, 3.63) is 28.1 Å². The third-order valence-corrected chi connectivity index (χ3v) is 3.08. The summed E-state index contributed by atoms with van der Waals surface area (Å²) in [4.78, 5) is 0.677. The van der Waals surface area contributed by atoms with Gasteiger partial charge in [0.05, 0.1) is 10.7 Å². The fraction of sp³-hybridized carbons (Fsp3) is 0. The van der Waals surface area contributed by atoms with Gasteiger partial charge in [0.1, 0.15) is 10.9 Å². The molecule has 0 bridgehead atoms. The Hall–Kier alpha value is -1.24. The van der Waals surface area contributed by atoms with E-state index >= 15 is 0 Å². The van der Waals surface area contributed by atoms with Gasteiger partial charge in [-0.25, -0.2) is 0 Å². The van der Waals surface area contributed by atoms with Gasteiger partial charge in [0.2, 0.25) is 0 Å². The molecule has 13 heavy (non-hydrogen) atoms. The first-order chi connectivity index (χ1) is 6.20. The Balaban J connectivity index is 2.79. The van der Waals surface area contributed by atoms with Gasteiger partial charge >= 0.3 is 0 Å². The van der Waals surface area contributed by atoms with Crippen molar-refractivity contribution in [1.29, 1.82) is 5.26 Å². The minimum atomic E-state index is 0.537. The fourth-order valence-corrected chi connectivity index (χ4v) is 2.19. The predicted molar refractivity (Wildman–Crippen MR) is 56.0 cm³/mol. The van der Waals surface area contributed by atoms with Gasteiger partial charge in [-0.2, -0.15) is 5.26 Å². The first-order valence-electron chi connectivity index (χ1n) is 3.59. The van der Waals surface area contributed by atoms with E-state index in [1.165, 1.54) is 11.3 Å². The van der Waals surface area contributed by atoms with Crippen LogP contribution in [0.3, 0.4) is 0 Å². The summed E-state index contributed by atoms with van der Waals surface area (Å²) in [7, 11) is 0. The summed E-state index contributed by atoms with van der Waals surface area (Å²) in [5, 5.41) is 10.2. The minimum absolute atomic E-state index is 0.537. The summed E-state index contributed by atoms with van der Waals surface area (Å²) in [6.07, 6.45) is 0. The molecule has 0 aliphatic carbocycles. The third kappa shape index (κ3) is 1.35. The lowest BCUT2D eigenvalue weighted by Gasteiger charge is -1.95. The highest BCUT2D eigenvalue weighted by Crippen LogP contribution is 2.31. The second-order valence-electron chi connectivity index (χ2n) is 2.63. The number of anilines is 1. The maximum absolute atomic E-state index is 8.67. The average Bonchev–Trinajstić information content (AvgIpc) is 2.48. The summed E-state index contributed by atoms with van der Waals surface area (Å²) in [6, 6.07) is 7.48. The van der Waals surface area contributed by atoms with Crippen LogP contribution in [0.2, 0.25) is 5.02 Å². The molecule has 0 radical (unpaired) electrons. The molecule has 2 aromatic rings. The lowest BCUT2D eigenvalue weighted by Crippen LogP contribution is -1.83. The van der Waals surface area contributed by atoms with E-state index in [0.29, 0.717) is 15.6 Å². The maximum Gasteiger partial charge on any atom is 0.110 e. The Morgan fingerprint density at radius 3 is 2.85 bits per heavy atom. The van der Waals surface area contributed by atoms with Gasteiger partial charge in [0.25, 0.3) is 0 Å². The van der Waals surface area contributed by atoms with Crippen LogP contribution in [0.1, 0.15) is 4.88 Å². The summed E-state index contributed by atoms with van der Waals surface area (Å²) in [5.74, 6) is 0.